The van der Waals surface area contributed by atoms with E-state index in [1.54, 1.807) is 0 Å². The van der Waals surface area contributed by atoms with Gasteiger partial charge in [0, 0.05) is 12.8 Å². The van der Waals surface area contributed by atoms with E-state index in [2.05, 4.69) is 20.8 Å². The van der Waals surface area contributed by atoms with Gasteiger partial charge in [-0.15, -0.1) is 0 Å². The first-order chi connectivity index (χ1) is 9.33. The van der Waals surface area contributed by atoms with E-state index in [0.29, 0.717) is 6.42 Å². The lowest BCUT2D eigenvalue weighted by Gasteiger charge is -2.43. The number of esters is 1. The summed E-state index contributed by atoms with van der Waals surface area (Å²) in [6.45, 7) is 13.5. The quantitative estimate of drug-likeness (QED) is 0.593. The molecule has 1 aliphatic rings. The van der Waals surface area contributed by atoms with Gasteiger partial charge in [0.2, 0.25) is 11.8 Å². The molecule has 1 fully saturated rings. The number of hydrogen-bond acceptors (Lipinski definition) is 4. The Morgan fingerprint density at radius 3 is 2.10 bits per heavy atom. The molecule has 0 aromatic carbocycles. The van der Waals surface area contributed by atoms with Gasteiger partial charge in [-0.25, -0.2) is 4.90 Å². The fourth-order valence-corrected chi connectivity index (χ4v) is 2.48. The zero-order valence-electron chi connectivity index (χ0n) is 14.1. The van der Waals surface area contributed by atoms with E-state index in [9.17, 15) is 14.4 Å². The lowest BCUT2D eigenvalue weighted by atomic mass is 9.71. The highest BCUT2D eigenvalue weighted by Gasteiger charge is 2.48. The molecular weight excluding hydrogens is 270 g/mol. The van der Waals surface area contributed by atoms with E-state index in [4.69, 9.17) is 4.74 Å². The van der Waals surface area contributed by atoms with E-state index in [-0.39, 0.29) is 35.0 Å². The van der Waals surface area contributed by atoms with Gasteiger partial charge in [-0.05, 0) is 17.3 Å². The molecule has 0 aromatic heterocycles. The van der Waals surface area contributed by atoms with Crippen molar-refractivity contribution in [1.29, 1.82) is 0 Å². The van der Waals surface area contributed by atoms with Gasteiger partial charge in [0.15, 0.2) is 6.23 Å². The third-order valence-electron chi connectivity index (χ3n) is 3.61. The maximum Gasteiger partial charge on any atom is 0.304 e. The maximum absolute atomic E-state index is 12.8. The van der Waals surface area contributed by atoms with E-state index in [1.165, 1.54) is 6.92 Å². The molecule has 0 bridgehead atoms. The van der Waals surface area contributed by atoms with Crippen LogP contribution in [-0.4, -0.2) is 28.9 Å². The predicted molar refractivity (Wildman–Crippen MR) is 79.0 cm³/mol. The van der Waals surface area contributed by atoms with Crippen LogP contribution in [0.5, 0.6) is 0 Å². The van der Waals surface area contributed by atoms with Crippen molar-refractivity contribution < 1.29 is 19.1 Å². The molecule has 2 atom stereocenters. The maximum atomic E-state index is 12.8. The lowest BCUT2D eigenvalue weighted by Crippen LogP contribution is -2.60. The molecule has 2 amide bonds. The Morgan fingerprint density at radius 2 is 1.76 bits per heavy atom. The smallest absolute Gasteiger partial charge is 0.304 e. The number of β-lactam (4-membered cyclic amide) rings is 1. The zero-order valence-corrected chi connectivity index (χ0v) is 14.1. The van der Waals surface area contributed by atoms with Crippen molar-refractivity contribution in [2.24, 2.45) is 16.7 Å². The van der Waals surface area contributed by atoms with Gasteiger partial charge >= 0.3 is 5.97 Å². The molecule has 0 N–H and O–H groups in total. The molecular formula is C16H27NO4. The Hall–Kier alpha value is -1.39. The summed E-state index contributed by atoms with van der Waals surface area (Å²) in [6, 6.07) is 0. The number of carbonyl (C=O) groups excluding carboxylic acids is 3. The van der Waals surface area contributed by atoms with Gasteiger partial charge in [0.05, 0.1) is 6.42 Å². The normalized spacial score (nSPS) is 20.8. The average Bonchev–Trinajstić information content (AvgIpc) is 2.21. The highest BCUT2D eigenvalue weighted by Crippen LogP contribution is 2.39. The molecule has 1 rings (SSSR count). The van der Waals surface area contributed by atoms with Gasteiger partial charge in [-0.3, -0.25) is 14.4 Å². The first-order valence-electron chi connectivity index (χ1n) is 7.36. The first kappa shape index (κ1) is 17.7. The highest BCUT2D eigenvalue weighted by atomic mass is 16.6. The minimum Gasteiger partial charge on any atom is -0.441 e. The van der Waals surface area contributed by atoms with Gasteiger partial charge in [0.1, 0.15) is 0 Å². The van der Waals surface area contributed by atoms with Crippen LogP contribution >= 0.6 is 0 Å². The molecule has 0 radical (unpaired) electrons. The molecule has 120 valence electrons. The van der Waals surface area contributed by atoms with Crippen LogP contribution in [0.4, 0.5) is 0 Å². The number of hydrogen-bond donors (Lipinski definition) is 0. The van der Waals surface area contributed by atoms with Crippen molar-refractivity contribution in [1.82, 2.24) is 4.90 Å². The zero-order chi connectivity index (χ0) is 16.6. The van der Waals surface area contributed by atoms with Gasteiger partial charge < -0.3 is 4.74 Å². The lowest BCUT2D eigenvalue weighted by molar-refractivity contribution is -0.190. The second-order valence-corrected chi connectivity index (χ2v) is 8.05. The summed E-state index contributed by atoms with van der Waals surface area (Å²) in [6.07, 6.45) is 0.0381. The van der Waals surface area contributed by atoms with Crippen molar-refractivity contribution in [2.75, 3.05) is 0 Å². The number of ether oxygens (including phenoxy) is 1. The van der Waals surface area contributed by atoms with Crippen LogP contribution < -0.4 is 0 Å². The van der Waals surface area contributed by atoms with Crippen molar-refractivity contribution in [3.05, 3.63) is 0 Å². The van der Waals surface area contributed by atoms with Crippen LogP contribution in [-0.2, 0) is 19.1 Å². The number of amides is 2. The third kappa shape index (κ3) is 4.55. The molecule has 0 aliphatic carbocycles. The Labute approximate surface area is 127 Å². The van der Waals surface area contributed by atoms with Crippen LogP contribution in [0.25, 0.3) is 0 Å². The molecule has 5 nitrogen and oxygen atoms in total. The van der Waals surface area contributed by atoms with Gasteiger partial charge in [-0.2, -0.15) is 0 Å². The van der Waals surface area contributed by atoms with Crippen LogP contribution in [0.3, 0.4) is 0 Å². The molecule has 5 heteroatoms. The fourth-order valence-electron chi connectivity index (χ4n) is 2.48. The van der Waals surface area contributed by atoms with Crippen LogP contribution in [0.15, 0.2) is 0 Å². The summed E-state index contributed by atoms with van der Waals surface area (Å²) in [5.74, 6) is -1.28. The van der Waals surface area contributed by atoms with E-state index in [0.717, 1.165) is 4.90 Å². The summed E-state index contributed by atoms with van der Waals surface area (Å²) >= 11 is 0. The minimum atomic E-state index is -0.729. The number of likely N-dealkylation sites (tertiary alicyclic amines) is 1. The Bertz CT molecular complexity index is 442. The SMILES string of the molecule is CC(=O)OC1CC(=O)N1C(=O)C(CC(C)(C)C)C(C)(C)C. The van der Waals surface area contributed by atoms with E-state index >= 15 is 0 Å². The number of imide groups is 1. The van der Waals surface area contributed by atoms with E-state index < -0.39 is 12.2 Å². The Morgan fingerprint density at radius 1 is 1.24 bits per heavy atom. The van der Waals surface area contributed by atoms with Crippen molar-refractivity contribution in [3.8, 4) is 0 Å². The topological polar surface area (TPSA) is 63.7 Å². The van der Waals surface area contributed by atoms with Crippen molar-refractivity contribution in [3.63, 3.8) is 0 Å². The standard InChI is InChI=1S/C16H27NO4/c1-10(18)21-13-8-12(19)17(13)14(20)11(16(5,6)7)9-15(2,3)4/h11,13H,8-9H2,1-7H3. The molecule has 1 saturated heterocycles. The molecule has 0 spiro atoms. The monoisotopic (exact) mass is 297 g/mol. The van der Waals surface area contributed by atoms with Gasteiger partial charge in [0.25, 0.3) is 0 Å². The van der Waals surface area contributed by atoms with Crippen LogP contribution in [0.2, 0.25) is 0 Å². The molecule has 1 aliphatic heterocycles. The largest absolute Gasteiger partial charge is 0.441 e. The average molecular weight is 297 g/mol. The summed E-state index contributed by atoms with van der Waals surface area (Å²) in [7, 11) is 0. The Kier molecular flexibility index (Phi) is 4.86. The van der Waals surface area contributed by atoms with Crippen molar-refractivity contribution in [2.45, 2.75) is 67.5 Å². The molecule has 0 aromatic rings. The third-order valence-corrected chi connectivity index (χ3v) is 3.61. The van der Waals surface area contributed by atoms with Crippen LogP contribution in [0, 0.1) is 16.7 Å². The Balaban J connectivity index is 2.94. The number of rotatable bonds is 3. The van der Waals surface area contributed by atoms with Gasteiger partial charge in [-0.1, -0.05) is 41.5 Å². The predicted octanol–water partition coefficient (Wildman–Crippen LogP) is 2.73. The van der Waals surface area contributed by atoms with E-state index in [1.807, 2.05) is 20.8 Å². The van der Waals surface area contributed by atoms with Crippen molar-refractivity contribution >= 4 is 17.8 Å². The molecule has 0 saturated carbocycles. The number of carbonyl (C=O) groups is 3. The second kappa shape index (κ2) is 5.78. The van der Waals surface area contributed by atoms with Crippen LogP contribution in [0.1, 0.15) is 61.3 Å². The summed E-state index contributed by atoms with van der Waals surface area (Å²) in [5.41, 5.74) is -0.292. The number of nitrogens with zero attached hydrogens (tertiary/aromatic N) is 1. The minimum absolute atomic E-state index is 0.0293. The first-order valence-corrected chi connectivity index (χ1v) is 7.36. The fraction of sp³-hybridized carbons (Fsp3) is 0.812. The second-order valence-electron chi connectivity index (χ2n) is 8.05. The summed E-state index contributed by atoms with van der Waals surface area (Å²) in [4.78, 5) is 36.7. The molecule has 2 unspecified atom stereocenters. The molecule has 21 heavy (non-hydrogen) atoms. The summed E-state index contributed by atoms with van der Waals surface area (Å²) in [5, 5.41) is 0. The highest BCUT2D eigenvalue weighted by molar-refractivity contribution is 6.01. The summed E-state index contributed by atoms with van der Waals surface area (Å²) < 4.78 is 5.03. The molecule has 1 heterocycles.